The summed E-state index contributed by atoms with van der Waals surface area (Å²) in [6, 6.07) is 7.49. The number of carbonyl (C=O) groups excluding carboxylic acids is 1. The van der Waals surface area contributed by atoms with Crippen LogP contribution < -0.4 is 5.32 Å². The number of hydrogen-bond donors (Lipinski definition) is 2. The molecule has 0 radical (unpaired) electrons. The predicted molar refractivity (Wildman–Crippen MR) is 76.7 cm³/mol. The minimum absolute atomic E-state index is 0.155. The third-order valence-electron chi connectivity index (χ3n) is 3.87. The van der Waals surface area contributed by atoms with Crippen molar-refractivity contribution in [2.45, 2.75) is 32.1 Å². The van der Waals surface area contributed by atoms with Crippen LogP contribution in [0.15, 0.2) is 24.3 Å². The van der Waals surface area contributed by atoms with Crippen LogP contribution in [0.5, 0.6) is 0 Å². The fourth-order valence-corrected chi connectivity index (χ4v) is 3.13. The lowest BCUT2D eigenvalue weighted by Gasteiger charge is -2.27. The maximum atomic E-state index is 12.4. The van der Waals surface area contributed by atoms with Crippen LogP contribution in [0.1, 0.15) is 31.2 Å². The summed E-state index contributed by atoms with van der Waals surface area (Å²) in [5, 5.41) is 11.9. The van der Waals surface area contributed by atoms with Gasteiger partial charge in [-0.1, -0.05) is 36.6 Å². The highest BCUT2D eigenvalue weighted by molar-refractivity contribution is 6.30. The Labute approximate surface area is 123 Å². The first-order valence-electron chi connectivity index (χ1n) is 6.76. The molecule has 5 heteroatoms. The molecule has 2 N–H and O–H groups in total. The Hall–Kier alpha value is -1.55. The van der Waals surface area contributed by atoms with Crippen molar-refractivity contribution in [3.05, 3.63) is 34.9 Å². The van der Waals surface area contributed by atoms with Gasteiger partial charge in [-0.25, -0.2) is 0 Å². The van der Waals surface area contributed by atoms with Crippen LogP contribution >= 0.6 is 11.6 Å². The lowest BCUT2D eigenvalue weighted by Crippen LogP contribution is -2.42. The van der Waals surface area contributed by atoms with Gasteiger partial charge in [0.25, 0.3) is 0 Å². The van der Waals surface area contributed by atoms with Crippen LogP contribution in [0.4, 0.5) is 0 Å². The molecular weight excluding hydrogens is 278 g/mol. The van der Waals surface area contributed by atoms with E-state index in [4.69, 9.17) is 16.7 Å². The molecule has 1 aliphatic rings. The summed E-state index contributed by atoms with van der Waals surface area (Å²) in [5.74, 6) is -1.17. The van der Waals surface area contributed by atoms with Gasteiger partial charge in [0.15, 0.2) is 0 Å². The van der Waals surface area contributed by atoms with Gasteiger partial charge in [-0.2, -0.15) is 0 Å². The highest BCUT2D eigenvalue weighted by atomic mass is 35.5. The van der Waals surface area contributed by atoms with E-state index in [0.29, 0.717) is 11.4 Å². The second-order valence-electron chi connectivity index (χ2n) is 5.37. The molecule has 2 rings (SSSR count). The largest absolute Gasteiger partial charge is 0.480 e. The Morgan fingerprint density at radius 2 is 2.00 bits per heavy atom. The summed E-state index contributed by atoms with van der Waals surface area (Å²) < 4.78 is 0. The van der Waals surface area contributed by atoms with Crippen molar-refractivity contribution in [3.63, 3.8) is 0 Å². The molecule has 0 bridgehead atoms. The van der Waals surface area contributed by atoms with Crippen molar-refractivity contribution in [3.8, 4) is 0 Å². The lowest BCUT2D eigenvalue weighted by atomic mass is 9.79. The summed E-state index contributed by atoms with van der Waals surface area (Å²) in [5.41, 5.74) is 0.532. The van der Waals surface area contributed by atoms with E-state index < -0.39 is 11.4 Å². The molecule has 1 aliphatic carbocycles. The van der Waals surface area contributed by atoms with Gasteiger partial charge in [-0.15, -0.1) is 0 Å². The van der Waals surface area contributed by atoms with Gasteiger partial charge in [0.05, 0.1) is 5.41 Å². The van der Waals surface area contributed by atoms with E-state index in [9.17, 15) is 9.59 Å². The summed E-state index contributed by atoms with van der Waals surface area (Å²) in [7, 11) is 0. The Bertz CT molecular complexity index is 510. The van der Waals surface area contributed by atoms with Crippen LogP contribution in [0, 0.1) is 5.41 Å². The average Bonchev–Trinajstić information content (AvgIpc) is 2.85. The first kappa shape index (κ1) is 14.9. The minimum Gasteiger partial charge on any atom is -0.480 e. The number of carbonyl (C=O) groups is 2. The van der Waals surface area contributed by atoms with Crippen molar-refractivity contribution in [2.24, 2.45) is 5.41 Å². The minimum atomic E-state index is -1.02. The zero-order valence-electron chi connectivity index (χ0n) is 11.2. The van der Waals surface area contributed by atoms with E-state index in [2.05, 4.69) is 5.32 Å². The molecule has 1 aromatic carbocycles. The average molecular weight is 296 g/mol. The van der Waals surface area contributed by atoms with Crippen LogP contribution in [-0.4, -0.2) is 23.5 Å². The first-order valence-corrected chi connectivity index (χ1v) is 7.14. The molecule has 1 aromatic rings. The zero-order chi connectivity index (χ0) is 14.6. The fourth-order valence-electron chi connectivity index (χ4n) is 2.92. The van der Waals surface area contributed by atoms with Crippen molar-refractivity contribution in [2.75, 3.05) is 6.54 Å². The van der Waals surface area contributed by atoms with E-state index >= 15 is 0 Å². The van der Waals surface area contributed by atoms with E-state index in [1.54, 1.807) is 6.07 Å². The molecule has 0 aromatic heterocycles. The maximum absolute atomic E-state index is 12.4. The summed E-state index contributed by atoms with van der Waals surface area (Å²) in [6.07, 6.45) is 4.21. The Morgan fingerprint density at radius 1 is 1.30 bits per heavy atom. The number of halogens is 1. The van der Waals surface area contributed by atoms with Crippen molar-refractivity contribution >= 4 is 23.5 Å². The van der Waals surface area contributed by atoms with E-state index in [1.165, 1.54) is 0 Å². The third kappa shape index (κ3) is 3.51. The number of rotatable bonds is 5. The molecule has 108 valence electrons. The Kier molecular flexibility index (Phi) is 4.65. The lowest BCUT2D eigenvalue weighted by molar-refractivity contribution is -0.140. The molecule has 0 spiro atoms. The van der Waals surface area contributed by atoms with Gasteiger partial charge in [0.1, 0.15) is 6.54 Å². The van der Waals surface area contributed by atoms with E-state index in [0.717, 1.165) is 31.2 Å². The number of benzene rings is 1. The van der Waals surface area contributed by atoms with Gasteiger partial charge >= 0.3 is 5.97 Å². The molecule has 0 saturated heterocycles. The normalized spacial score (nSPS) is 16.9. The van der Waals surface area contributed by atoms with Crippen molar-refractivity contribution < 1.29 is 14.7 Å². The number of aliphatic carboxylic acids is 1. The second kappa shape index (κ2) is 6.27. The summed E-state index contributed by atoms with van der Waals surface area (Å²) in [6.45, 7) is -0.323. The van der Waals surface area contributed by atoms with Gasteiger partial charge in [0.2, 0.25) is 5.91 Å². The van der Waals surface area contributed by atoms with Crippen LogP contribution in [0.25, 0.3) is 0 Å². The van der Waals surface area contributed by atoms with E-state index in [1.807, 2.05) is 18.2 Å². The number of nitrogens with one attached hydrogen (secondary N) is 1. The molecule has 0 atom stereocenters. The van der Waals surface area contributed by atoms with Crippen molar-refractivity contribution in [1.29, 1.82) is 0 Å². The Morgan fingerprint density at radius 3 is 2.60 bits per heavy atom. The number of carboxylic acids is 1. The Balaban J connectivity index is 2.13. The van der Waals surface area contributed by atoms with Crippen LogP contribution in [-0.2, 0) is 16.0 Å². The molecular formula is C15H18ClNO3. The smallest absolute Gasteiger partial charge is 0.322 e. The topological polar surface area (TPSA) is 66.4 Å². The SMILES string of the molecule is O=C(O)CNC(=O)C1(Cc2cccc(Cl)c2)CCCC1. The van der Waals surface area contributed by atoms with Gasteiger partial charge in [-0.3, -0.25) is 9.59 Å². The molecule has 1 fully saturated rings. The maximum Gasteiger partial charge on any atom is 0.322 e. The van der Waals surface area contributed by atoms with Crippen LogP contribution in [0.2, 0.25) is 5.02 Å². The molecule has 0 heterocycles. The zero-order valence-corrected chi connectivity index (χ0v) is 11.9. The highest BCUT2D eigenvalue weighted by Crippen LogP contribution is 2.41. The molecule has 20 heavy (non-hydrogen) atoms. The molecule has 4 nitrogen and oxygen atoms in total. The molecule has 0 aliphatic heterocycles. The molecule has 1 saturated carbocycles. The monoisotopic (exact) mass is 295 g/mol. The standard InChI is InChI=1S/C15H18ClNO3/c16-12-5-3-4-11(8-12)9-15(6-1-2-7-15)14(20)17-10-13(18)19/h3-5,8H,1-2,6-7,9-10H2,(H,17,20)(H,18,19). The number of amides is 1. The number of carboxylic acid groups (broad SMARTS) is 1. The van der Waals surface area contributed by atoms with Gasteiger partial charge in [-0.05, 0) is 37.0 Å². The number of hydrogen-bond acceptors (Lipinski definition) is 2. The van der Waals surface area contributed by atoms with Gasteiger partial charge < -0.3 is 10.4 Å². The van der Waals surface area contributed by atoms with Gasteiger partial charge in [0, 0.05) is 5.02 Å². The fraction of sp³-hybridized carbons (Fsp3) is 0.467. The second-order valence-corrected chi connectivity index (χ2v) is 5.81. The highest BCUT2D eigenvalue weighted by Gasteiger charge is 2.41. The third-order valence-corrected chi connectivity index (χ3v) is 4.11. The van der Waals surface area contributed by atoms with Crippen molar-refractivity contribution in [1.82, 2.24) is 5.32 Å². The summed E-state index contributed by atoms with van der Waals surface area (Å²) in [4.78, 5) is 22.9. The predicted octanol–water partition coefficient (Wildman–Crippen LogP) is 2.64. The first-order chi connectivity index (χ1) is 9.52. The molecule has 0 unspecified atom stereocenters. The molecule has 1 amide bonds. The quantitative estimate of drug-likeness (QED) is 0.877. The summed E-state index contributed by atoms with van der Waals surface area (Å²) >= 11 is 5.98. The van der Waals surface area contributed by atoms with Crippen LogP contribution in [0.3, 0.4) is 0 Å². The van der Waals surface area contributed by atoms with E-state index in [-0.39, 0.29) is 12.5 Å².